The zero-order valence-electron chi connectivity index (χ0n) is 11.2. The molecule has 1 saturated carbocycles. The third kappa shape index (κ3) is 2.34. The maximum atomic E-state index is 13.8. The van der Waals surface area contributed by atoms with Crippen LogP contribution in [0.4, 0.5) is 8.78 Å². The van der Waals surface area contributed by atoms with Crippen LogP contribution in [0.2, 0.25) is 0 Å². The van der Waals surface area contributed by atoms with Gasteiger partial charge >= 0.3 is 0 Å². The minimum atomic E-state index is -0.767. The van der Waals surface area contributed by atoms with Gasteiger partial charge < -0.3 is 5.73 Å². The van der Waals surface area contributed by atoms with Gasteiger partial charge in [0.15, 0.2) is 0 Å². The van der Waals surface area contributed by atoms with Crippen molar-refractivity contribution in [3.8, 4) is 0 Å². The van der Waals surface area contributed by atoms with Crippen molar-refractivity contribution >= 4 is 0 Å². The zero-order chi connectivity index (χ0) is 14.1. The van der Waals surface area contributed by atoms with Crippen molar-refractivity contribution in [3.05, 3.63) is 70.8 Å². The van der Waals surface area contributed by atoms with Gasteiger partial charge in [0.1, 0.15) is 11.6 Å². The predicted octanol–water partition coefficient (Wildman–Crippen LogP) is 4.28. The molecule has 0 saturated heterocycles. The number of benzene rings is 2. The molecule has 0 aromatic heterocycles. The maximum absolute atomic E-state index is 13.8. The van der Waals surface area contributed by atoms with Crippen LogP contribution in [-0.2, 0) is 0 Å². The number of nitrogens with two attached hydrogens (primary N) is 1. The minimum Gasteiger partial charge on any atom is -0.320 e. The highest BCUT2D eigenvalue weighted by molar-refractivity contribution is 5.36. The van der Waals surface area contributed by atoms with E-state index >= 15 is 0 Å². The molecule has 3 heteroatoms. The Labute approximate surface area is 117 Å². The molecular formula is C17H17F2N. The van der Waals surface area contributed by atoms with Gasteiger partial charge in [0.05, 0.1) is 6.04 Å². The summed E-state index contributed by atoms with van der Waals surface area (Å²) in [5.74, 6) is -0.606. The Hall–Kier alpha value is -1.74. The normalized spacial score (nSPS) is 16.8. The highest BCUT2D eigenvalue weighted by atomic mass is 19.1. The second kappa shape index (κ2) is 5.33. The molecule has 2 aromatic rings. The number of halogens is 2. The fourth-order valence-corrected chi connectivity index (χ4v) is 2.72. The molecule has 1 nitrogen and oxygen atoms in total. The van der Waals surface area contributed by atoms with Crippen molar-refractivity contribution in [1.29, 1.82) is 0 Å². The van der Waals surface area contributed by atoms with Crippen LogP contribution < -0.4 is 5.73 Å². The molecule has 1 fully saturated rings. The first kappa shape index (κ1) is 13.3. The molecule has 0 spiro atoms. The predicted molar refractivity (Wildman–Crippen MR) is 75.4 cm³/mol. The summed E-state index contributed by atoms with van der Waals surface area (Å²) in [4.78, 5) is 0. The highest BCUT2D eigenvalue weighted by Gasteiger charge is 2.22. The third-order valence-corrected chi connectivity index (χ3v) is 4.16. The molecule has 3 rings (SSSR count). The summed E-state index contributed by atoms with van der Waals surface area (Å²) in [6.45, 7) is 0. The van der Waals surface area contributed by atoms with E-state index in [9.17, 15) is 8.78 Å². The average Bonchev–Trinajstić information content (AvgIpc) is 2.36. The molecule has 104 valence electrons. The van der Waals surface area contributed by atoms with Crippen molar-refractivity contribution in [2.75, 3.05) is 0 Å². The van der Waals surface area contributed by atoms with E-state index in [1.807, 2.05) is 18.2 Å². The molecule has 1 aliphatic rings. The van der Waals surface area contributed by atoms with E-state index in [0.717, 1.165) is 5.56 Å². The maximum Gasteiger partial charge on any atom is 0.131 e. The second-order valence-electron chi connectivity index (χ2n) is 5.41. The SMILES string of the molecule is NC(c1cccc(C2CCC2)c1)c1c(F)cccc1F. The summed E-state index contributed by atoms with van der Waals surface area (Å²) in [5.41, 5.74) is 7.99. The van der Waals surface area contributed by atoms with Crippen molar-refractivity contribution in [2.24, 2.45) is 5.73 Å². The van der Waals surface area contributed by atoms with E-state index < -0.39 is 17.7 Å². The lowest BCUT2D eigenvalue weighted by atomic mass is 9.79. The van der Waals surface area contributed by atoms with Crippen LogP contribution in [0.5, 0.6) is 0 Å². The lowest BCUT2D eigenvalue weighted by Gasteiger charge is -2.26. The molecular weight excluding hydrogens is 256 g/mol. The van der Waals surface area contributed by atoms with Gasteiger partial charge in [-0.3, -0.25) is 0 Å². The van der Waals surface area contributed by atoms with E-state index in [1.54, 1.807) is 0 Å². The molecule has 0 heterocycles. The fourth-order valence-electron chi connectivity index (χ4n) is 2.72. The molecule has 1 aliphatic carbocycles. The van der Waals surface area contributed by atoms with E-state index in [2.05, 4.69) is 6.07 Å². The Balaban J connectivity index is 1.95. The van der Waals surface area contributed by atoms with Crippen molar-refractivity contribution < 1.29 is 8.78 Å². The summed E-state index contributed by atoms with van der Waals surface area (Å²) in [7, 11) is 0. The van der Waals surface area contributed by atoms with Gasteiger partial charge in [0.2, 0.25) is 0 Å². The molecule has 2 N–H and O–H groups in total. The van der Waals surface area contributed by atoms with E-state index in [4.69, 9.17) is 5.73 Å². The summed E-state index contributed by atoms with van der Waals surface area (Å²) >= 11 is 0. The van der Waals surface area contributed by atoms with E-state index in [1.165, 1.54) is 43.0 Å². The monoisotopic (exact) mass is 273 g/mol. The van der Waals surface area contributed by atoms with Gasteiger partial charge in [-0.2, -0.15) is 0 Å². The Morgan fingerprint density at radius 3 is 2.25 bits per heavy atom. The number of hydrogen-bond acceptors (Lipinski definition) is 1. The molecule has 20 heavy (non-hydrogen) atoms. The van der Waals surface area contributed by atoms with Crippen LogP contribution in [0.15, 0.2) is 42.5 Å². The van der Waals surface area contributed by atoms with Crippen LogP contribution in [-0.4, -0.2) is 0 Å². The fraction of sp³-hybridized carbons (Fsp3) is 0.294. The van der Waals surface area contributed by atoms with Crippen molar-refractivity contribution in [2.45, 2.75) is 31.2 Å². The van der Waals surface area contributed by atoms with Crippen molar-refractivity contribution in [1.82, 2.24) is 0 Å². The minimum absolute atomic E-state index is 0.0572. The molecule has 0 amide bonds. The lowest BCUT2D eigenvalue weighted by molar-refractivity contribution is 0.419. The average molecular weight is 273 g/mol. The molecule has 0 aliphatic heterocycles. The molecule has 2 aromatic carbocycles. The Bertz CT molecular complexity index is 600. The Morgan fingerprint density at radius 1 is 1.00 bits per heavy atom. The topological polar surface area (TPSA) is 26.0 Å². The van der Waals surface area contributed by atoms with Crippen LogP contribution in [0, 0.1) is 11.6 Å². The largest absolute Gasteiger partial charge is 0.320 e. The molecule has 1 unspecified atom stereocenters. The summed E-state index contributed by atoms with van der Waals surface area (Å²) in [6, 6.07) is 10.9. The van der Waals surface area contributed by atoms with Gasteiger partial charge in [-0.1, -0.05) is 36.8 Å². The van der Waals surface area contributed by atoms with Crippen molar-refractivity contribution in [3.63, 3.8) is 0 Å². The van der Waals surface area contributed by atoms with E-state index in [-0.39, 0.29) is 5.56 Å². The van der Waals surface area contributed by atoms with Gasteiger partial charge in [-0.05, 0) is 42.0 Å². The molecule has 1 atom stereocenters. The number of rotatable bonds is 3. The van der Waals surface area contributed by atoms with Crippen LogP contribution >= 0.6 is 0 Å². The summed E-state index contributed by atoms with van der Waals surface area (Å²) < 4.78 is 27.6. The Kier molecular flexibility index (Phi) is 3.53. The smallest absolute Gasteiger partial charge is 0.131 e. The van der Waals surface area contributed by atoms with Gasteiger partial charge in [-0.15, -0.1) is 0 Å². The Morgan fingerprint density at radius 2 is 1.65 bits per heavy atom. The van der Waals surface area contributed by atoms with Gasteiger partial charge in [0, 0.05) is 5.56 Å². The quantitative estimate of drug-likeness (QED) is 0.887. The van der Waals surface area contributed by atoms with Crippen LogP contribution in [0.1, 0.15) is 47.9 Å². The first-order valence-corrected chi connectivity index (χ1v) is 6.96. The van der Waals surface area contributed by atoms with Crippen LogP contribution in [0.25, 0.3) is 0 Å². The third-order valence-electron chi connectivity index (χ3n) is 4.16. The first-order valence-electron chi connectivity index (χ1n) is 6.96. The van der Waals surface area contributed by atoms with Gasteiger partial charge in [0.25, 0.3) is 0 Å². The standard InChI is InChI=1S/C17H17F2N/c18-14-8-3-9-15(19)16(14)17(20)13-7-2-6-12(10-13)11-4-1-5-11/h2-3,6-11,17H,1,4-5,20H2. The molecule has 0 bridgehead atoms. The first-order chi connectivity index (χ1) is 9.66. The zero-order valence-corrected chi connectivity index (χ0v) is 11.2. The highest BCUT2D eigenvalue weighted by Crippen LogP contribution is 2.37. The summed E-state index contributed by atoms with van der Waals surface area (Å²) in [6.07, 6.45) is 3.63. The van der Waals surface area contributed by atoms with Crippen LogP contribution in [0.3, 0.4) is 0 Å². The molecule has 0 radical (unpaired) electrons. The number of hydrogen-bond donors (Lipinski definition) is 1. The van der Waals surface area contributed by atoms with E-state index in [0.29, 0.717) is 5.92 Å². The van der Waals surface area contributed by atoms with Gasteiger partial charge in [-0.25, -0.2) is 8.78 Å². The second-order valence-corrected chi connectivity index (χ2v) is 5.41. The summed E-state index contributed by atoms with van der Waals surface area (Å²) in [5, 5.41) is 0. The lowest BCUT2D eigenvalue weighted by Crippen LogP contribution is -2.16.